The van der Waals surface area contributed by atoms with E-state index in [-0.39, 0.29) is 11.8 Å². The van der Waals surface area contributed by atoms with Crippen LogP contribution in [0.2, 0.25) is 0 Å². The number of guanidine groups is 1. The minimum atomic E-state index is -0.218. The number of nitrogens with one attached hydrogen (secondary N) is 2. The molecule has 148 valence electrons. The second-order valence-corrected chi connectivity index (χ2v) is 8.52. The van der Waals surface area contributed by atoms with Crippen molar-refractivity contribution in [3.05, 3.63) is 23.9 Å². The third-order valence-electron chi connectivity index (χ3n) is 5.18. The monoisotopic (exact) mass is 390 g/mol. The molecular formula is C19H30N6OS. The van der Waals surface area contributed by atoms with Gasteiger partial charge in [-0.1, -0.05) is 6.07 Å². The molecule has 0 saturated carbocycles. The number of aliphatic imine (C=N–C) groups is 1. The number of primary amides is 1. The average molecular weight is 391 g/mol. The summed E-state index contributed by atoms with van der Waals surface area (Å²) in [5.74, 6) is 2.69. The molecule has 0 aliphatic carbocycles. The zero-order valence-corrected chi connectivity index (χ0v) is 16.8. The van der Waals surface area contributed by atoms with Crippen LogP contribution in [0.5, 0.6) is 0 Å². The van der Waals surface area contributed by atoms with Crippen LogP contribution < -0.4 is 21.3 Å². The molecule has 1 aromatic rings. The van der Waals surface area contributed by atoms with E-state index in [9.17, 15) is 4.79 Å². The summed E-state index contributed by atoms with van der Waals surface area (Å²) in [6, 6.07) is 4.02. The van der Waals surface area contributed by atoms with Crippen LogP contribution in [0.15, 0.2) is 23.3 Å². The quantitative estimate of drug-likeness (QED) is 0.501. The second-order valence-electron chi connectivity index (χ2n) is 7.12. The average Bonchev–Trinajstić information content (AvgIpc) is 3.22. The van der Waals surface area contributed by atoms with Gasteiger partial charge in [-0.3, -0.25) is 9.79 Å². The SMILES string of the molecule is CN=C(NCc1cccnc1N1CCCC(C(N)=O)C1)NCC1CCCS1. The number of hydrogen-bond donors (Lipinski definition) is 3. The predicted molar refractivity (Wildman–Crippen MR) is 112 cm³/mol. The van der Waals surface area contributed by atoms with Gasteiger partial charge in [0.1, 0.15) is 5.82 Å². The molecule has 8 heteroatoms. The van der Waals surface area contributed by atoms with Gasteiger partial charge < -0.3 is 21.3 Å². The molecule has 3 rings (SSSR count). The number of piperidine rings is 1. The topological polar surface area (TPSA) is 95.6 Å². The number of thioether (sulfide) groups is 1. The Hall–Kier alpha value is -1.96. The van der Waals surface area contributed by atoms with Crippen LogP contribution in [0, 0.1) is 5.92 Å². The molecule has 0 spiro atoms. The van der Waals surface area contributed by atoms with Crippen molar-refractivity contribution in [3.8, 4) is 0 Å². The highest BCUT2D eigenvalue weighted by molar-refractivity contribution is 8.00. The van der Waals surface area contributed by atoms with E-state index in [0.29, 0.717) is 18.3 Å². The van der Waals surface area contributed by atoms with Gasteiger partial charge in [0.2, 0.25) is 5.91 Å². The van der Waals surface area contributed by atoms with Crippen LogP contribution in [-0.4, -0.2) is 54.5 Å². The summed E-state index contributed by atoms with van der Waals surface area (Å²) in [7, 11) is 1.80. The van der Waals surface area contributed by atoms with E-state index in [1.807, 2.05) is 17.8 Å². The van der Waals surface area contributed by atoms with E-state index in [1.165, 1.54) is 18.6 Å². The van der Waals surface area contributed by atoms with Gasteiger partial charge in [0.15, 0.2) is 5.96 Å². The third-order valence-corrected chi connectivity index (χ3v) is 6.58. The van der Waals surface area contributed by atoms with E-state index in [4.69, 9.17) is 5.73 Å². The standard InChI is InChI=1S/C19H30N6OS/c1-21-19(24-12-16-7-4-10-27-16)23-11-14-5-2-8-22-18(14)25-9-3-6-15(13-25)17(20)26/h2,5,8,15-16H,3-4,6-7,9-13H2,1H3,(H2,20,26)(H2,21,23,24). The number of hydrogen-bond acceptors (Lipinski definition) is 5. The van der Waals surface area contributed by atoms with Gasteiger partial charge in [-0.2, -0.15) is 11.8 Å². The Balaban J connectivity index is 1.59. The highest BCUT2D eigenvalue weighted by atomic mass is 32.2. The van der Waals surface area contributed by atoms with Crippen molar-refractivity contribution in [1.82, 2.24) is 15.6 Å². The molecule has 2 atom stereocenters. The van der Waals surface area contributed by atoms with Crippen LogP contribution in [0.4, 0.5) is 5.82 Å². The smallest absolute Gasteiger partial charge is 0.222 e. The molecule has 4 N–H and O–H groups in total. The first-order valence-corrected chi connectivity index (χ1v) is 10.8. The number of carbonyl (C=O) groups is 1. The molecule has 2 aliphatic heterocycles. The number of amides is 1. The van der Waals surface area contributed by atoms with Gasteiger partial charge >= 0.3 is 0 Å². The highest BCUT2D eigenvalue weighted by Gasteiger charge is 2.26. The minimum absolute atomic E-state index is 0.0973. The maximum absolute atomic E-state index is 11.6. The maximum Gasteiger partial charge on any atom is 0.222 e. The van der Waals surface area contributed by atoms with Crippen LogP contribution in [0.1, 0.15) is 31.2 Å². The van der Waals surface area contributed by atoms with Crippen molar-refractivity contribution in [2.75, 3.05) is 37.3 Å². The molecule has 2 aliphatic rings. The molecule has 27 heavy (non-hydrogen) atoms. The summed E-state index contributed by atoms with van der Waals surface area (Å²) < 4.78 is 0. The zero-order chi connectivity index (χ0) is 19.1. The van der Waals surface area contributed by atoms with E-state index >= 15 is 0 Å². The molecule has 3 heterocycles. The summed E-state index contributed by atoms with van der Waals surface area (Å²) in [5.41, 5.74) is 6.62. The molecule has 0 aromatic carbocycles. The number of nitrogens with two attached hydrogens (primary N) is 1. The van der Waals surface area contributed by atoms with Gasteiger partial charge in [0.25, 0.3) is 0 Å². The lowest BCUT2D eigenvalue weighted by atomic mass is 9.97. The number of pyridine rings is 1. The van der Waals surface area contributed by atoms with Gasteiger partial charge in [-0.25, -0.2) is 4.98 Å². The second kappa shape index (κ2) is 9.82. The Labute approximate surface area is 165 Å². The highest BCUT2D eigenvalue weighted by Crippen LogP contribution is 2.25. The Morgan fingerprint density at radius 1 is 1.41 bits per heavy atom. The Morgan fingerprint density at radius 3 is 3.04 bits per heavy atom. The van der Waals surface area contributed by atoms with Crippen molar-refractivity contribution >= 4 is 29.4 Å². The van der Waals surface area contributed by atoms with Crippen LogP contribution >= 0.6 is 11.8 Å². The first-order chi connectivity index (χ1) is 13.2. The molecule has 2 fully saturated rings. The first-order valence-electron chi connectivity index (χ1n) is 9.71. The van der Waals surface area contributed by atoms with Crippen molar-refractivity contribution in [2.24, 2.45) is 16.6 Å². The van der Waals surface area contributed by atoms with Gasteiger partial charge in [0, 0.05) is 50.2 Å². The number of anilines is 1. The lowest BCUT2D eigenvalue weighted by Crippen LogP contribution is -2.42. The fourth-order valence-corrected chi connectivity index (χ4v) is 4.87. The molecule has 1 amide bonds. The van der Waals surface area contributed by atoms with E-state index in [2.05, 4.69) is 31.6 Å². The van der Waals surface area contributed by atoms with Crippen LogP contribution in [0.25, 0.3) is 0 Å². The molecule has 0 radical (unpaired) electrons. The fraction of sp³-hybridized carbons (Fsp3) is 0.632. The summed E-state index contributed by atoms with van der Waals surface area (Å²) in [5, 5.41) is 7.50. The molecule has 7 nitrogen and oxygen atoms in total. The van der Waals surface area contributed by atoms with Gasteiger partial charge in [-0.05, 0) is 37.5 Å². The summed E-state index contributed by atoms with van der Waals surface area (Å²) in [6.07, 6.45) is 6.21. The number of nitrogens with zero attached hydrogens (tertiary/aromatic N) is 3. The van der Waals surface area contributed by atoms with Crippen molar-refractivity contribution in [3.63, 3.8) is 0 Å². The Kier molecular flexibility index (Phi) is 7.20. The largest absolute Gasteiger partial charge is 0.369 e. The van der Waals surface area contributed by atoms with Crippen LogP contribution in [0.3, 0.4) is 0 Å². The molecule has 1 aromatic heterocycles. The van der Waals surface area contributed by atoms with Crippen LogP contribution in [-0.2, 0) is 11.3 Å². The number of aromatic nitrogens is 1. The fourth-order valence-electron chi connectivity index (χ4n) is 3.67. The molecule has 0 bridgehead atoms. The van der Waals surface area contributed by atoms with Gasteiger partial charge in [-0.15, -0.1) is 0 Å². The molecular weight excluding hydrogens is 360 g/mol. The van der Waals surface area contributed by atoms with E-state index in [1.54, 1.807) is 13.2 Å². The Morgan fingerprint density at radius 2 is 2.30 bits per heavy atom. The lowest BCUT2D eigenvalue weighted by Gasteiger charge is -2.33. The predicted octanol–water partition coefficient (Wildman–Crippen LogP) is 1.34. The van der Waals surface area contributed by atoms with Crippen molar-refractivity contribution in [2.45, 2.75) is 37.5 Å². The molecule has 2 saturated heterocycles. The van der Waals surface area contributed by atoms with E-state index in [0.717, 1.165) is 43.3 Å². The summed E-state index contributed by atoms with van der Waals surface area (Å²) in [6.45, 7) is 3.12. The number of rotatable bonds is 6. The van der Waals surface area contributed by atoms with Crippen molar-refractivity contribution in [1.29, 1.82) is 0 Å². The van der Waals surface area contributed by atoms with Gasteiger partial charge in [0.05, 0.1) is 5.92 Å². The lowest BCUT2D eigenvalue weighted by molar-refractivity contribution is -0.122. The van der Waals surface area contributed by atoms with E-state index < -0.39 is 0 Å². The number of carbonyl (C=O) groups excluding carboxylic acids is 1. The normalized spacial score (nSPS) is 23.3. The summed E-state index contributed by atoms with van der Waals surface area (Å²) >= 11 is 2.03. The summed E-state index contributed by atoms with van der Waals surface area (Å²) in [4.78, 5) is 22.7. The third kappa shape index (κ3) is 5.51. The Bertz CT molecular complexity index is 661. The molecule has 2 unspecified atom stereocenters. The maximum atomic E-state index is 11.6. The zero-order valence-electron chi connectivity index (χ0n) is 16.0. The first kappa shape index (κ1) is 19.8. The minimum Gasteiger partial charge on any atom is -0.369 e. The van der Waals surface area contributed by atoms with Crippen molar-refractivity contribution < 1.29 is 4.79 Å².